The molecule has 0 bridgehead atoms. The van der Waals surface area contributed by atoms with Crippen LogP contribution >= 0.6 is 0 Å². The topological polar surface area (TPSA) is 29.9 Å². The van der Waals surface area contributed by atoms with Crippen molar-refractivity contribution in [2.45, 2.75) is 46.2 Å². The maximum absolute atomic E-state index is 4.33. The highest BCUT2D eigenvalue weighted by atomic mass is 15.3. The van der Waals surface area contributed by atoms with Gasteiger partial charge in [0.05, 0.1) is 6.20 Å². The second-order valence-corrected chi connectivity index (χ2v) is 5.72. The van der Waals surface area contributed by atoms with Crippen molar-refractivity contribution in [3.63, 3.8) is 0 Å². The third-order valence-electron chi connectivity index (χ3n) is 4.53. The summed E-state index contributed by atoms with van der Waals surface area (Å²) in [6, 6.07) is 11.2. The van der Waals surface area contributed by atoms with E-state index in [0.29, 0.717) is 12.0 Å². The van der Waals surface area contributed by atoms with Gasteiger partial charge in [-0.15, -0.1) is 0 Å². The third-order valence-corrected chi connectivity index (χ3v) is 4.53. The molecule has 0 radical (unpaired) electrons. The first kappa shape index (κ1) is 15.8. The molecule has 0 saturated carbocycles. The van der Waals surface area contributed by atoms with E-state index in [1.807, 2.05) is 17.9 Å². The summed E-state index contributed by atoms with van der Waals surface area (Å²) in [6.07, 6.45) is 4.35. The Morgan fingerprint density at radius 3 is 2.33 bits per heavy atom. The van der Waals surface area contributed by atoms with E-state index in [9.17, 15) is 0 Å². The van der Waals surface area contributed by atoms with Crippen LogP contribution in [0.5, 0.6) is 0 Å². The first-order valence-electron chi connectivity index (χ1n) is 7.93. The van der Waals surface area contributed by atoms with Gasteiger partial charge in [0, 0.05) is 30.9 Å². The van der Waals surface area contributed by atoms with Gasteiger partial charge in [-0.1, -0.05) is 57.0 Å². The molecule has 0 aliphatic rings. The Bertz CT molecular complexity index is 541. The lowest BCUT2D eigenvalue weighted by molar-refractivity contribution is 0.339. The number of aromatic nitrogens is 2. The van der Waals surface area contributed by atoms with Gasteiger partial charge >= 0.3 is 0 Å². The molecule has 0 aliphatic carbocycles. The molecule has 1 aromatic carbocycles. The van der Waals surface area contributed by atoms with Gasteiger partial charge < -0.3 is 5.32 Å². The molecule has 1 unspecified atom stereocenters. The van der Waals surface area contributed by atoms with Gasteiger partial charge in [-0.25, -0.2) is 0 Å². The van der Waals surface area contributed by atoms with E-state index in [1.54, 1.807) is 0 Å². The van der Waals surface area contributed by atoms with Crippen molar-refractivity contribution in [3.05, 3.63) is 53.3 Å². The van der Waals surface area contributed by atoms with Crippen molar-refractivity contribution in [1.82, 2.24) is 15.1 Å². The van der Waals surface area contributed by atoms with Gasteiger partial charge in [-0.2, -0.15) is 5.10 Å². The van der Waals surface area contributed by atoms with E-state index >= 15 is 0 Å². The molecule has 0 spiro atoms. The number of hydrogen-bond acceptors (Lipinski definition) is 2. The molecule has 114 valence electrons. The minimum atomic E-state index is 0.404. The molecule has 0 amide bonds. The van der Waals surface area contributed by atoms with Crippen LogP contribution in [0.25, 0.3) is 0 Å². The van der Waals surface area contributed by atoms with Crippen molar-refractivity contribution in [1.29, 1.82) is 0 Å². The predicted molar refractivity (Wildman–Crippen MR) is 88.0 cm³/mol. The van der Waals surface area contributed by atoms with E-state index in [4.69, 9.17) is 0 Å². The summed E-state index contributed by atoms with van der Waals surface area (Å²) in [4.78, 5) is 0. The summed E-state index contributed by atoms with van der Waals surface area (Å²) in [5, 5.41) is 8.08. The first-order valence-corrected chi connectivity index (χ1v) is 7.93. The van der Waals surface area contributed by atoms with Crippen LogP contribution in [-0.4, -0.2) is 9.78 Å². The molecule has 1 atom stereocenters. The van der Waals surface area contributed by atoms with Crippen LogP contribution in [0.4, 0.5) is 0 Å². The lowest BCUT2D eigenvalue weighted by Crippen LogP contribution is -2.27. The lowest BCUT2D eigenvalue weighted by Gasteiger charge is -2.27. The fraction of sp³-hybridized carbons (Fsp3) is 0.500. The molecule has 0 aliphatic heterocycles. The average Bonchev–Trinajstić information content (AvgIpc) is 2.84. The van der Waals surface area contributed by atoms with E-state index in [-0.39, 0.29) is 0 Å². The Hall–Kier alpha value is -1.61. The summed E-state index contributed by atoms with van der Waals surface area (Å²) in [5.41, 5.74) is 3.90. The summed E-state index contributed by atoms with van der Waals surface area (Å²) in [7, 11) is 1.99. The van der Waals surface area contributed by atoms with Gasteiger partial charge in [-0.05, 0) is 18.4 Å². The average molecular weight is 285 g/mol. The van der Waals surface area contributed by atoms with E-state index < -0.39 is 0 Å². The Morgan fingerprint density at radius 2 is 1.81 bits per heavy atom. The van der Waals surface area contributed by atoms with Gasteiger partial charge in [-0.3, -0.25) is 4.68 Å². The molecule has 1 heterocycles. The Morgan fingerprint density at radius 1 is 1.14 bits per heavy atom. The Kier molecular flexibility index (Phi) is 5.57. The fourth-order valence-corrected chi connectivity index (χ4v) is 2.91. The summed E-state index contributed by atoms with van der Waals surface area (Å²) < 4.78 is 1.94. The van der Waals surface area contributed by atoms with Gasteiger partial charge in [0.1, 0.15) is 0 Å². The third kappa shape index (κ3) is 3.73. The molecule has 0 saturated heterocycles. The van der Waals surface area contributed by atoms with Crippen LogP contribution in [0.15, 0.2) is 36.5 Å². The van der Waals surface area contributed by atoms with E-state index in [2.05, 4.69) is 61.5 Å². The quantitative estimate of drug-likeness (QED) is 0.833. The number of nitrogens with one attached hydrogen (secondary N) is 1. The molecule has 2 rings (SSSR count). The smallest absolute Gasteiger partial charge is 0.0537 e. The zero-order valence-electron chi connectivity index (χ0n) is 13.6. The van der Waals surface area contributed by atoms with Crippen molar-refractivity contribution in [2.24, 2.45) is 13.0 Å². The Labute approximate surface area is 128 Å². The minimum absolute atomic E-state index is 0.404. The zero-order chi connectivity index (χ0) is 15.2. The molecular weight excluding hydrogens is 258 g/mol. The fourth-order valence-electron chi connectivity index (χ4n) is 2.91. The first-order chi connectivity index (χ1) is 10.2. The van der Waals surface area contributed by atoms with E-state index in [1.165, 1.54) is 29.7 Å². The van der Waals surface area contributed by atoms with Gasteiger partial charge in [0.15, 0.2) is 0 Å². The summed E-state index contributed by atoms with van der Waals surface area (Å²) in [6.45, 7) is 7.55. The highest BCUT2D eigenvalue weighted by Crippen LogP contribution is 2.27. The minimum Gasteiger partial charge on any atom is -0.305 e. The molecule has 1 N–H and O–H groups in total. The maximum atomic E-state index is 4.33. The van der Waals surface area contributed by atoms with E-state index in [0.717, 1.165) is 6.54 Å². The normalized spacial score (nSPS) is 12.8. The number of hydrogen-bond donors (Lipinski definition) is 1. The van der Waals surface area contributed by atoms with Crippen molar-refractivity contribution in [2.75, 3.05) is 0 Å². The molecule has 3 heteroatoms. The summed E-state index contributed by atoms with van der Waals surface area (Å²) >= 11 is 0. The molecule has 1 aromatic heterocycles. The standard InChI is InChI=1S/C18H27N3/c1-5-15(6-2)18(16-10-8-7-9-11-16)19-12-17-13-20-21(4)14(17)3/h7-11,13,15,18-19H,5-6,12H2,1-4H3. The van der Waals surface area contributed by atoms with Crippen LogP contribution in [0.1, 0.15) is 49.6 Å². The highest BCUT2D eigenvalue weighted by Gasteiger charge is 2.20. The van der Waals surface area contributed by atoms with Crippen LogP contribution < -0.4 is 5.32 Å². The SMILES string of the molecule is CCC(CC)C(NCc1cnn(C)c1C)c1ccccc1. The predicted octanol–water partition coefficient (Wildman–Crippen LogP) is 4.00. The van der Waals surface area contributed by atoms with Crippen LogP contribution in [-0.2, 0) is 13.6 Å². The monoisotopic (exact) mass is 285 g/mol. The van der Waals surface area contributed by atoms with Crippen molar-refractivity contribution in [3.8, 4) is 0 Å². The second kappa shape index (κ2) is 7.41. The zero-order valence-corrected chi connectivity index (χ0v) is 13.6. The van der Waals surface area contributed by atoms with Gasteiger partial charge in [0.2, 0.25) is 0 Å². The van der Waals surface area contributed by atoms with Crippen LogP contribution in [0, 0.1) is 12.8 Å². The molecule has 3 nitrogen and oxygen atoms in total. The molecule has 0 fully saturated rings. The van der Waals surface area contributed by atoms with Crippen LogP contribution in [0.3, 0.4) is 0 Å². The number of rotatable bonds is 7. The maximum Gasteiger partial charge on any atom is 0.0537 e. The largest absolute Gasteiger partial charge is 0.305 e. The Balaban J connectivity index is 2.15. The highest BCUT2D eigenvalue weighted by molar-refractivity contribution is 5.21. The lowest BCUT2D eigenvalue weighted by atomic mass is 9.88. The molecular formula is C18H27N3. The van der Waals surface area contributed by atoms with Crippen molar-refractivity contribution < 1.29 is 0 Å². The van der Waals surface area contributed by atoms with Gasteiger partial charge in [0.25, 0.3) is 0 Å². The number of aryl methyl sites for hydroxylation is 1. The molecule has 2 aromatic rings. The number of benzene rings is 1. The number of nitrogens with zero attached hydrogens (tertiary/aromatic N) is 2. The second-order valence-electron chi connectivity index (χ2n) is 5.72. The molecule has 21 heavy (non-hydrogen) atoms. The van der Waals surface area contributed by atoms with Crippen molar-refractivity contribution >= 4 is 0 Å². The van der Waals surface area contributed by atoms with Crippen LogP contribution in [0.2, 0.25) is 0 Å². The summed E-state index contributed by atoms with van der Waals surface area (Å²) in [5.74, 6) is 0.657.